The van der Waals surface area contributed by atoms with Crippen molar-refractivity contribution >= 4 is 10.0 Å². The topological polar surface area (TPSA) is 87.1 Å². The van der Waals surface area contributed by atoms with Crippen molar-refractivity contribution in [2.45, 2.75) is 31.5 Å². The zero-order valence-corrected chi connectivity index (χ0v) is 15.1. The van der Waals surface area contributed by atoms with Gasteiger partial charge < -0.3 is 9.55 Å². The molecule has 8 nitrogen and oxygen atoms in total. The molecule has 0 aromatic carbocycles. The smallest absolute Gasteiger partial charge is 0.262 e. The van der Waals surface area contributed by atoms with Gasteiger partial charge in [0.05, 0.1) is 12.4 Å². The van der Waals surface area contributed by atoms with Gasteiger partial charge in [0.15, 0.2) is 5.03 Å². The van der Waals surface area contributed by atoms with Crippen LogP contribution < -0.4 is 0 Å². The fraction of sp³-hybridized carbons (Fsp3) is 0.600. The number of nitrogens with one attached hydrogen (secondary N) is 1. The highest BCUT2D eigenvalue weighted by atomic mass is 32.2. The summed E-state index contributed by atoms with van der Waals surface area (Å²) in [5, 5.41) is 0.117. The lowest BCUT2D eigenvalue weighted by molar-refractivity contribution is 0.142. The van der Waals surface area contributed by atoms with Gasteiger partial charge in [0, 0.05) is 44.8 Å². The molecule has 3 rings (SSSR count). The number of hydrogen-bond acceptors (Lipinski definition) is 5. The molecule has 2 aromatic heterocycles. The quantitative estimate of drug-likeness (QED) is 0.865. The molecule has 1 aliphatic rings. The number of nitrogens with zero attached hydrogens (tertiary/aromatic N) is 5. The monoisotopic (exact) mass is 352 g/mol. The number of piperazine rings is 1. The van der Waals surface area contributed by atoms with E-state index in [1.807, 2.05) is 11.6 Å². The van der Waals surface area contributed by atoms with Gasteiger partial charge in [-0.2, -0.15) is 4.31 Å². The average Bonchev–Trinajstić information content (AvgIpc) is 3.18. The number of rotatable bonds is 5. The van der Waals surface area contributed by atoms with Gasteiger partial charge in [0.25, 0.3) is 10.0 Å². The lowest BCUT2D eigenvalue weighted by Crippen LogP contribution is -2.49. The number of sulfonamides is 1. The molecule has 1 saturated heterocycles. The third-order valence-electron chi connectivity index (χ3n) is 4.24. The molecule has 1 atom stereocenters. The maximum absolute atomic E-state index is 12.9. The maximum Gasteiger partial charge on any atom is 0.262 e. The molecule has 0 aliphatic carbocycles. The molecule has 0 unspecified atom stereocenters. The standard InChI is InChI=1S/C15H24N6O2S/c1-12(2)8-20-10-14(18-11-20)24(22,23)21-7-6-19(3)13(9-21)15-16-4-5-17-15/h4-5,10-13H,6-9H2,1-3H3,(H,16,17)/t13-/m0/s1. The molecule has 1 N–H and O–H groups in total. The molecule has 0 saturated carbocycles. The van der Waals surface area contributed by atoms with E-state index in [1.165, 1.54) is 4.31 Å². The van der Waals surface area contributed by atoms with Crippen LogP contribution in [0.2, 0.25) is 0 Å². The van der Waals surface area contributed by atoms with E-state index >= 15 is 0 Å². The van der Waals surface area contributed by atoms with Gasteiger partial charge in [-0.3, -0.25) is 4.90 Å². The summed E-state index contributed by atoms with van der Waals surface area (Å²) in [5.41, 5.74) is 0. The summed E-state index contributed by atoms with van der Waals surface area (Å²) in [6.45, 7) is 6.39. The summed E-state index contributed by atoms with van der Waals surface area (Å²) in [4.78, 5) is 13.6. The second-order valence-corrected chi connectivity index (χ2v) is 8.52. The molecule has 3 heterocycles. The van der Waals surface area contributed by atoms with Crippen LogP contribution in [-0.2, 0) is 16.6 Å². The highest BCUT2D eigenvalue weighted by Crippen LogP contribution is 2.25. The molecule has 9 heteroatoms. The van der Waals surface area contributed by atoms with Crippen molar-refractivity contribution in [3.63, 3.8) is 0 Å². The van der Waals surface area contributed by atoms with Crippen LogP contribution in [0.15, 0.2) is 29.9 Å². The minimum Gasteiger partial charge on any atom is -0.347 e. The first-order chi connectivity index (χ1) is 11.4. The first-order valence-corrected chi connectivity index (χ1v) is 9.53. The third-order valence-corrected chi connectivity index (χ3v) is 5.99. The van der Waals surface area contributed by atoms with Crippen LogP contribution in [0.25, 0.3) is 0 Å². The predicted octanol–water partition coefficient (Wildman–Crippen LogP) is 0.940. The minimum absolute atomic E-state index is 0.0822. The Morgan fingerprint density at radius 2 is 2.12 bits per heavy atom. The van der Waals surface area contributed by atoms with Gasteiger partial charge in [-0.25, -0.2) is 18.4 Å². The summed E-state index contributed by atoms with van der Waals surface area (Å²) in [6, 6.07) is -0.0822. The van der Waals surface area contributed by atoms with Gasteiger partial charge in [-0.05, 0) is 13.0 Å². The van der Waals surface area contributed by atoms with Crippen molar-refractivity contribution in [3.8, 4) is 0 Å². The van der Waals surface area contributed by atoms with Crippen molar-refractivity contribution in [2.75, 3.05) is 26.7 Å². The highest BCUT2D eigenvalue weighted by molar-refractivity contribution is 7.89. The highest BCUT2D eigenvalue weighted by Gasteiger charge is 2.35. The van der Waals surface area contributed by atoms with Gasteiger partial charge in [-0.1, -0.05) is 13.8 Å². The Kier molecular flexibility index (Phi) is 4.75. The van der Waals surface area contributed by atoms with Crippen LogP contribution in [0, 0.1) is 5.92 Å². The van der Waals surface area contributed by atoms with Crippen LogP contribution in [-0.4, -0.2) is 63.8 Å². The summed E-state index contributed by atoms with van der Waals surface area (Å²) >= 11 is 0. The van der Waals surface area contributed by atoms with Crippen molar-refractivity contribution in [1.82, 2.24) is 28.7 Å². The molecule has 0 amide bonds. The molecule has 2 aromatic rings. The predicted molar refractivity (Wildman–Crippen MR) is 89.8 cm³/mol. The van der Waals surface area contributed by atoms with E-state index in [0.717, 1.165) is 12.4 Å². The van der Waals surface area contributed by atoms with Gasteiger partial charge in [0.1, 0.15) is 5.82 Å². The number of aromatic amines is 1. The van der Waals surface area contributed by atoms with Crippen LogP contribution in [0.1, 0.15) is 25.7 Å². The van der Waals surface area contributed by atoms with Crippen molar-refractivity contribution in [2.24, 2.45) is 5.92 Å². The Bertz CT molecular complexity index is 768. The molecule has 132 valence electrons. The normalized spacial score (nSPS) is 20.8. The fourth-order valence-corrected chi connectivity index (χ4v) is 4.32. The Balaban J connectivity index is 1.80. The van der Waals surface area contributed by atoms with Gasteiger partial charge >= 0.3 is 0 Å². The molecular weight excluding hydrogens is 328 g/mol. The van der Waals surface area contributed by atoms with Crippen LogP contribution >= 0.6 is 0 Å². The zero-order chi connectivity index (χ0) is 17.3. The van der Waals surface area contributed by atoms with Crippen molar-refractivity contribution in [1.29, 1.82) is 0 Å². The molecular formula is C15H24N6O2S. The fourth-order valence-electron chi connectivity index (χ4n) is 2.95. The van der Waals surface area contributed by atoms with E-state index < -0.39 is 10.0 Å². The number of imidazole rings is 2. The summed E-state index contributed by atoms with van der Waals surface area (Å²) in [7, 11) is -1.61. The Hall–Kier alpha value is -1.71. The average molecular weight is 352 g/mol. The summed E-state index contributed by atoms with van der Waals surface area (Å²) in [5.74, 6) is 1.21. The first-order valence-electron chi connectivity index (χ1n) is 8.09. The van der Waals surface area contributed by atoms with Crippen LogP contribution in [0.5, 0.6) is 0 Å². The number of likely N-dealkylation sites (N-methyl/N-ethyl adjacent to an activating group) is 1. The van der Waals surface area contributed by atoms with Crippen LogP contribution in [0.4, 0.5) is 0 Å². The Morgan fingerprint density at radius 3 is 2.79 bits per heavy atom. The minimum atomic E-state index is -3.59. The van der Waals surface area contributed by atoms with Crippen LogP contribution in [0.3, 0.4) is 0 Å². The molecule has 0 spiro atoms. The van der Waals surface area contributed by atoms with E-state index in [2.05, 4.69) is 33.7 Å². The lowest BCUT2D eigenvalue weighted by Gasteiger charge is -2.37. The zero-order valence-electron chi connectivity index (χ0n) is 14.3. The second kappa shape index (κ2) is 6.66. The summed E-state index contributed by atoms with van der Waals surface area (Å²) in [6.07, 6.45) is 6.65. The molecule has 1 fully saturated rings. The second-order valence-electron chi connectivity index (χ2n) is 6.64. The summed E-state index contributed by atoms with van der Waals surface area (Å²) < 4.78 is 29.2. The number of hydrogen-bond donors (Lipinski definition) is 1. The van der Waals surface area contributed by atoms with E-state index in [4.69, 9.17) is 0 Å². The molecule has 0 bridgehead atoms. The molecule has 0 radical (unpaired) electrons. The lowest BCUT2D eigenvalue weighted by atomic mass is 10.2. The van der Waals surface area contributed by atoms with E-state index in [9.17, 15) is 8.42 Å². The number of aromatic nitrogens is 4. The SMILES string of the molecule is CC(C)Cn1cnc(S(=O)(=O)N2CCN(C)[C@H](c3ncc[nH]3)C2)c1. The van der Waals surface area contributed by atoms with E-state index in [1.54, 1.807) is 24.9 Å². The van der Waals surface area contributed by atoms with E-state index in [0.29, 0.717) is 25.6 Å². The maximum atomic E-state index is 12.9. The van der Waals surface area contributed by atoms with Crippen molar-refractivity contribution in [3.05, 3.63) is 30.7 Å². The largest absolute Gasteiger partial charge is 0.347 e. The van der Waals surface area contributed by atoms with Gasteiger partial charge in [-0.15, -0.1) is 0 Å². The first kappa shape index (κ1) is 17.1. The van der Waals surface area contributed by atoms with E-state index in [-0.39, 0.29) is 11.1 Å². The van der Waals surface area contributed by atoms with Crippen molar-refractivity contribution < 1.29 is 8.42 Å². The van der Waals surface area contributed by atoms with Gasteiger partial charge in [0.2, 0.25) is 0 Å². The molecule has 24 heavy (non-hydrogen) atoms. The number of H-pyrrole nitrogens is 1. The Morgan fingerprint density at radius 1 is 1.33 bits per heavy atom. The molecule has 1 aliphatic heterocycles. The third kappa shape index (κ3) is 3.38. The Labute approximate surface area is 142 Å².